The SMILES string of the molecule is CCC(C)=CC(=C1CCC(C)(C)CC1=C(C)CC)c1nc(-c2cc(C)c(CCC(O)OC)c(C)c2)no1. The van der Waals surface area contributed by atoms with Gasteiger partial charge in [0, 0.05) is 24.7 Å². The second kappa shape index (κ2) is 12.4. The lowest BCUT2D eigenvalue weighted by Crippen LogP contribution is -2.20. The molecule has 0 amide bonds. The zero-order chi connectivity index (χ0) is 27.3. The van der Waals surface area contributed by atoms with Crippen LogP contribution in [0.2, 0.25) is 0 Å². The third-order valence-corrected chi connectivity index (χ3v) is 7.91. The number of aliphatic hydroxyl groups is 1. The van der Waals surface area contributed by atoms with E-state index in [2.05, 4.69) is 78.8 Å². The summed E-state index contributed by atoms with van der Waals surface area (Å²) in [4.78, 5) is 4.94. The fourth-order valence-electron chi connectivity index (χ4n) is 5.19. The third kappa shape index (κ3) is 7.08. The van der Waals surface area contributed by atoms with E-state index in [9.17, 15) is 5.11 Å². The number of aliphatic hydroxyl groups excluding tert-OH is 1. The van der Waals surface area contributed by atoms with Gasteiger partial charge in [-0.25, -0.2) is 0 Å². The van der Waals surface area contributed by atoms with Crippen molar-refractivity contribution in [2.75, 3.05) is 7.11 Å². The average molecular weight is 507 g/mol. The van der Waals surface area contributed by atoms with Crippen LogP contribution < -0.4 is 0 Å². The van der Waals surface area contributed by atoms with Gasteiger partial charge in [-0.15, -0.1) is 0 Å². The minimum atomic E-state index is -0.745. The molecule has 3 rings (SSSR count). The van der Waals surface area contributed by atoms with Crippen molar-refractivity contribution in [3.8, 4) is 11.4 Å². The Hall–Kier alpha value is -2.50. The van der Waals surface area contributed by atoms with E-state index in [1.807, 2.05) is 0 Å². The van der Waals surface area contributed by atoms with Gasteiger partial charge in [-0.1, -0.05) is 50.1 Å². The summed E-state index contributed by atoms with van der Waals surface area (Å²) >= 11 is 0. The van der Waals surface area contributed by atoms with E-state index >= 15 is 0 Å². The van der Waals surface area contributed by atoms with Gasteiger partial charge in [0.1, 0.15) is 0 Å². The van der Waals surface area contributed by atoms with Gasteiger partial charge in [-0.05, 0) is 112 Å². The van der Waals surface area contributed by atoms with Crippen molar-refractivity contribution in [3.63, 3.8) is 0 Å². The molecule has 1 atom stereocenters. The predicted molar refractivity (Wildman–Crippen MR) is 152 cm³/mol. The summed E-state index contributed by atoms with van der Waals surface area (Å²) in [5.74, 6) is 1.21. The summed E-state index contributed by atoms with van der Waals surface area (Å²) in [7, 11) is 1.53. The molecule has 202 valence electrons. The summed E-state index contributed by atoms with van der Waals surface area (Å²) < 4.78 is 11.0. The first-order valence-electron chi connectivity index (χ1n) is 13.7. The highest BCUT2D eigenvalue weighted by Gasteiger charge is 2.31. The third-order valence-electron chi connectivity index (χ3n) is 7.91. The van der Waals surface area contributed by atoms with E-state index in [1.54, 1.807) is 0 Å². The molecule has 0 saturated heterocycles. The number of methoxy groups -OCH3 is 1. The number of hydrogen-bond donors (Lipinski definition) is 1. The summed E-state index contributed by atoms with van der Waals surface area (Å²) in [6.07, 6.45) is 8.08. The van der Waals surface area contributed by atoms with Crippen molar-refractivity contribution >= 4 is 5.57 Å². The molecule has 5 nitrogen and oxygen atoms in total. The fraction of sp³-hybridized carbons (Fsp3) is 0.562. The van der Waals surface area contributed by atoms with Crippen LogP contribution in [0.5, 0.6) is 0 Å². The Bertz CT molecular complexity index is 1170. The van der Waals surface area contributed by atoms with Crippen LogP contribution in [0.3, 0.4) is 0 Å². The van der Waals surface area contributed by atoms with E-state index in [4.69, 9.17) is 14.2 Å². The van der Waals surface area contributed by atoms with Gasteiger partial charge in [0.25, 0.3) is 5.89 Å². The molecule has 5 heteroatoms. The van der Waals surface area contributed by atoms with E-state index in [1.165, 1.54) is 35.0 Å². The first kappa shape index (κ1) is 29.1. The molecule has 1 N–H and O–H groups in total. The van der Waals surface area contributed by atoms with Crippen LogP contribution >= 0.6 is 0 Å². The van der Waals surface area contributed by atoms with E-state index in [0.29, 0.717) is 23.6 Å². The molecule has 37 heavy (non-hydrogen) atoms. The van der Waals surface area contributed by atoms with Crippen LogP contribution in [-0.2, 0) is 11.2 Å². The highest BCUT2D eigenvalue weighted by atomic mass is 16.6. The van der Waals surface area contributed by atoms with Gasteiger partial charge >= 0.3 is 0 Å². The van der Waals surface area contributed by atoms with Crippen molar-refractivity contribution in [2.24, 2.45) is 5.41 Å². The van der Waals surface area contributed by atoms with Gasteiger partial charge < -0.3 is 14.4 Å². The molecular weight excluding hydrogens is 460 g/mol. The Morgan fingerprint density at radius 1 is 1.14 bits per heavy atom. The number of nitrogens with zero attached hydrogens (tertiary/aromatic N) is 2. The zero-order valence-corrected chi connectivity index (χ0v) is 24.4. The van der Waals surface area contributed by atoms with Crippen LogP contribution in [0.15, 0.2) is 45.0 Å². The molecule has 1 unspecified atom stereocenters. The number of benzene rings is 1. The second-order valence-electron chi connectivity index (χ2n) is 11.4. The predicted octanol–water partition coefficient (Wildman–Crippen LogP) is 8.30. The van der Waals surface area contributed by atoms with Gasteiger partial charge in [0.05, 0.1) is 0 Å². The molecule has 1 heterocycles. The molecule has 0 bridgehead atoms. The maximum atomic E-state index is 9.81. The molecule has 1 aliphatic rings. The van der Waals surface area contributed by atoms with Crippen molar-refractivity contribution < 1.29 is 14.4 Å². The summed E-state index contributed by atoms with van der Waals surface area (Å²) in [5, 5.41) is 14.2. The number of aryl methyl sites for hydroxylation is 2. The number of allylic oxidation sites excluding steroid dienone is 6. The Morgan fingerprint density at radius 3 is 2.41 bits per heavy atom. The maximum absolute atomic E-state index is 9.81. The minimum absolute atomic E-state index is 0.292. The fourth-order valence-corrected chi connectivity index (χ4v) is 5.19. The van der Waals surface area contributed by atoms with Crippen LogP contribution in [0.1, 0.15) is 103 Å². The van der Waals surface area contributed by atoms with Gasteiger partial charge in [0.15, 0.2) is 6.29 Å². The second-order valence-corrected chi connectivity index (χ2v) is 11.4. The summed E-state index contributed by atoms with van der Waals surface area (Å²) in [6.45, 7) is 17.8. The Morgan fingerprint density at radius 2 is 1.81 bits per heavy atom. The van der Waals surface area contributed by atoms with Crippen molar-refractivity contribution in [3.05, 3.63) is 63.1 Å². The van der Waals surface area contributed by atoms with Crippen molar-refractivity contribution in [2.45, 2.75) is 107 Å². The molecule has 1 saturated carbocycles. The molecule has 1 aromatic heterocycles. The number of ether oxygens (including phenoxy) is 1. The minimum Gasteiger partial charge on any atom is -0.368 e. The lowest BCUT2D eigenvalue weighted by molar-refractivity contribution is -0.0777. The molecule has 0 radical (unpaired) electrons. The standard InChI is InChI=1S/C32H46N2O3/c1-10-20(3)16-27(26-14-15-32(7,8)19-28(26)21(4)11-2)31-33-30(34-37-31)24-17-22(5)25(23(6)18-24)12-13-29(35)36-9/h16-18,29,35H,10-15,19H2,1-9H3. The van der Waals surface area contributed by atoms with Crippen LogP contribution in [-0.4, -0.2) is 28.6 Å². The summed E-state index contributed by atoms with van der Waals surface area (Å²) in [6, 6.07) is 4.23. The average Bonchev–Trinajstić information content (AvgIpc) is 3.35. The molecule has 2 aromatic rings. The molecule has 1 aromatic carbocycles. The Balaban J connectivity index is 2.07. The largest absolute Gasteiger partial charge is 0.368 e. The quantitative estimate of drug-likeness (QED) is 0.346. The van der Waals surface area contributed by atoms with Crippen molar-refractivity contribution in [1.29, 1.82) is 0 Å². The lowest BCUT2D eigenvalue weighted by Gasteiger charge is -2.35. The first-order chi connectivity index (χ1) is 17.5. The van der Waals surface area contributed by atoms with E-state index < -0.39 is 6.29 Å². The highest BCUT2D eigenvalue weighted by molar-refractivity contribution is 5.77. The molecular formula is C32H46N2O3. The molecule has 1 fully saturated rings. The zero-order valence-electron chi connectivity index (χ0n) is 24.4. The van der Waals surface area contributed by atoms with E-state index in [0.717, 1.165) is 60.8 Å². The molecule has 0 spiro atoms. The molecule has 0 aliphatic heterocycles. The van der Waals surface area contributed by atoms with E-state index in [-0.39, 0.29) is 0 Å². The van der Waals surface area contributed by atoms with Crippen molar-refractivity contribution in [1.82, 2.24) is 10.1 Å². The highest BCUT2D eigenvalue weighted by Crippen LogP contribution is 2.46. The summed E-state index contributed by atoms with van der Waals surface area (Å²) in [5.41, 5.74) is 11.4. The van der Waals surface area contributed by atoms with Crippen LogP contribution in [0, 0.1) is 19.3 Å². The maximum Gasteiger partial charge on any atom is 0.258 e. The number of hydrogen-bond acceptors (Lipinski definition) is 5. The topological polar surface area (TPSA) is 68.4 Å². The lowest BCUT2D eigenvalue weighted by atomic mass is 9.70. The normalized spacial score (nSPS) is 19.7. The molecule has 1 aliphatic carbocycles. The smallest absolute Gasteiger partial charge is 0.258 e. The first-order valence-corrected chi connectivity index (χ1v) is 13.7. The number of rotatable bonds is 9. The van der Waals surface area contributed by atoms with Crippen LogP contribution in [0.4, 0.5) is 0 Å². The Kier molecular flexibility index (Phi) is 9.71. The van der Waals surface area contributed by atoms with Gasteiger partial charge in [-0.2, -0.15) is 4.98 Å². The van der Waals surface area contributed by atoms with Gasteiger partial charge in [0.2, 0.25) is 5.82 Å². The Labute approximate surface area is 223 Å². The monoisotopic (exact) mass is 506 g/mol. The van der Waals surface area contributed by atoms with Gasteiger partial charge in [-0.3, -0.25) is 0 Å². The number of aromatic nitrogens is 2. The van der Waals surface area contributed by atoms with Crippen LogP contribution in [0.25, 0.3) is 17.0 Å².